The second-order valence-corrected chi connectivity index (χ2v) is 3.44. The molecule has 0 aromatic heterocycles. The Hall–Kier alpha value is -1.26. The Kier molecular flexibility index (Phi) is 3.08. The molecule has 1 aliphatic rings. The van der Waals surface area contributed by atoms with Gasteiger partial charge in [0.25, 0.3) is 0 Å². The molecule has 4 heteroatoms. The molecular weight excluding hydrogens is 194 g/mol. The lowest BCUT2D eigenvalue weighted by atomic mass is 10.1. The molecule has 0 fully saturated rings. The summed E-state index contributed by atoms with van der Waals surface area (Å²) in [5, 5.41) is 12.4. The van der Waals surface area contributed by atoms with E-state index in [2.05, 4.69) is 5.32 Å². The number of rotatable bonds is 2. The van der Waals surface area contributed by atoms with Gasteiger partial charge in [-0.25, -0.2) is 0 Å². The van der Waals surface area contributed by atoms with Crippen LogP contribution >= 0.6 is 0 Å². The molecule has 1 unspecified atom stereocenters. The first kappa shape index (κ1) is 10.3. The molecule has 15 heavy (non-hydrogen) atoms. The fourth-order valence-corrected chi connectivity index (χ4v) is 1.72. The molecule has 1 aliphatic heterocycles. The second kappa shape index (κ2) is 4.51. The van der Waals surface area contributed by atoms with E-state index < -0.39 is 0 Å². The highest BCUT2D eigenvalue weighted by Crippen LogP contribution is 2.30. The van der Waals surface area contributed by atoms with Crippen molar-refractivity contribution in [2.75, 3.05) is 26.9 Å². The average molecular weight is 209 g/mol. The third-order valence-corrected chi connectivity index (χ3v) is 2.53. The van der Waals surface area contributed by atoms with Gasteiger partial charge in [0.1, 0.15) is 18.1 Å². The highest BCUT2D eigenvalue weighted by Gasteiger charge is 2.18. The summed E-state index contributed by atoms with van der Waals surface area (Å²) in [5.74, 6) is 1.56. The quantitative estimate of drug-likeness (QED) is 0.753. The van der Waals surface area contributed by atoms with E-state index in [-0.39, 0.29) is 12.6 Å². The van der Waals surface area contributed by atoms with Crippen LogP contribution in [0.25, 0.3) is 0 Å². The highest BCUT2D eigenvalue weighted by atomic mass is 16.5. The molecule has 0 aliphatic carbocycles. The van der Waals surface area contributed by atoms with Crippen LogP contribution in [-0.4, -0.2) is 32.0 Å². The van der Waals surface area contributed by atoms with Crippen LogP contribution in [0.5, 0.6) is 11.5 Å². The van der Waals surface area contributed by atoms with Crippen LogP contribution in [0.15, 0.2) is 18.2 Å². The zero-order valence-corrected chi connectivity index (χ0v) is 8.69. The number of ether oxygens (including phenoxy) is 2. The normalized spacial score (nSPS) is 20.0. The van der Waals surface area contributed by atoms with Crippen LogP contribution in [0.4, 0.5) is 0 Å². The van der Waals surface area contributed by atoms with Gasteiger partial charge in [-0.05, 0) is 12.1 Å². The Balaban J connectivity index is 2.36. The smallest absolute Gasteiger partial charge is 0.127 e. The van der Waals surface area contributed by atoms with Gasteiger partial charge in [-0.3, -0.25) is 0 Å². The van der Waals surface area contributed by atoms with Crippen LogP contribution in [0.3, 0.4) is 0 Å². The van der Waals surface area contributed by atoms with E-state index in [1.165, 1.54) is 0 Å². The van der Waals surface area contributed by atoms with Crippen LogP contribution in [0.1, 0.15) is 11.6 Å². The van der Waals surface area contributed by atoms with Crippen molar-refractivity contribution in [1.29, 1.82) is 0 Å². The number of aliphatic hydroxyl groups is 1. The van der Waals surface area contributed by atoms with E-state index in [9.17, 15) is 5.11 Å². The summed E-state index contributed by atoms with van der Waals surface area (Å²) in [6, 6.07) is 5.60. The lowest BCUT2D eigenvalue weighted by Crippen LogP contribution is -2.25. The summed E-state index contributed by atoms with van der Waals surface area (Å²) in [6.45, 7) is 1.42. The number of hydrogen-bond donors (Lipinski definition) is 2. The molecule has 0 amide bonds. The molecule has 82 valence electrons. The molecule has 0 spiro atoms. The van der Waals surface area contributed by atoms with Crippen molar-refractivity contribution in [2.45, 2.75) is 6.04 Å². The molecule has 0 bridgehead atoms. The fourth-order valence-electron chi connectivity index (χ4n) is 1.72. The Morgan fingerprint density at radius 1 is 1.60 bits per heavy atom. The summed E-state index contributed by atoms with van der Waals surface area (Å²) in [4.78, 5) is 0. The number of aliphatic hydroxyl groups excluding tert-OH is 1. The summed E-state index contributed by atoms with van der Waals surface area (Å²) in [5.41, 5.74) is 0.982. The van der Waals surface area contributed by atoms with Gasteiger partial charge in [0.2, 0.25) is 0 Å². The van der Waals surface area contributed by atoms with Crippen molar-refractivity contribution < 1.29 is 14.6 Å². The topological polar surface area (TPSA) is 50.7 Å². The summed E-state index contributed by atoms with van der Waals surface area (Å²) in [7, 11) is 1.63. The zero-order valence-electron chi connectivity index (χ0n) is 8.69. The minimum atomic E-state index is -0.0478. The zero-order chi connectivity index (χ0) is 10.7. The van der Waals surface area contributed by atoms with Crippen LogP contribution in [-0.2, 0) is 0 Å². The van der Waals surface area contributed by atoms with E-state index in [0.717, 1.165) is 23.6 Å². The monoisotopic (exact) mass is 209 g/mol. The number of benzene rings is 1. The molecule has 0 radical (unpaired) electrons. The Labute approximate surface area is 88.8 Å². The van der Waals surface area contributed by atoms with Gasteiger partial charge in [-0.2, -0.15) is 0 Å². The predicted molar refractivity (Wildman–Crippen MR) is 56.3 cm³/mol. The van der Waals surface area contributed by atoms with Crippen molar-refractivity contribution in [3.8, 4) is 11.5 Å². The molecular formula is C11H15NO3. The molecule has 4 nitrogen and oxygen atoms in total. The SMILES string of the molecule is COc1ccc2c(c1)OCCNC2CO. The highest BCUT2D eigenvalue weighted by molar-refractivity contribution is 5.43. The Morgan fingerprint density at radius 3 is 3.20 bits per heavy atom. The molecule has 2 rings (SSSR count). The Bertz CT molecular complexity index is 341. The minimum absolute atomic E-state index is 0.0478. The molecule has 1 heterocycles. The average Bonchev–Trinajstić information content (AvgIpc) is 2.49. The first-order valence-electron chi connectivity index (χ1n) is 5.00. The largest absolute Gasteiger partial charge is 0.497 e. The Morgan fingerprint density at radius 2 is 2.47 bits per heavy atom. The van der Waals surface area contributed by atoms with Gasteiger partial charge in [-0.15, -0.1) is 0 Å². The number of hydrogen-bond acceptors (Lipinski definition) is 4. The number of nitrogens with one attached hydrogen (secondary N) is 1. The molecule has 2 N–H and O–H groups in total. The van der Waals surface area contributed by atoms with E-state index in [4.69, 9.17) is 9.47 Å². The third kappa shape index (κ3) is 2.06. The summed E-state index contributed by atoms with van der Waals surface area (Å²) < 4.78 is 10.7. The van der Waals surface area contributed by atoms with E-state index in [1.807, 2.05) is 18.2 Å². The van der Waals surface area contributed by atoms with Crippen molar-refractivity contribution in [1.82, 2.24) is 5.32 Å². The molecule has 0 saturated carbocycles. The summed E-state index contributed by atoms with van der Waals surface area (Å²) in [6.07, 6.45) is 0. The predicted octanol–water partition coefficient (Wildman–Crippen LogP) is 0.711. The maximum atomic E-state index is 9.24. The first-order valence-corrected chi connectivity index (χ1v) is 5.00. The van der Waals surface area contributed by atoms with Crippen molar-refractivity contribution >= 4 is 0 Å². The molecule has 1 aromatic rings. The van der Waals surface area contributed by atoms with Crippen LogP contribution in [0, 0.1) is 0 Å². The number of fused-ring (bicyclic) bond motifs is 1. The van der Waals surface area contributed by atoms with Gasteiger partial charge in [0.15, 0.2) is 0 Å². The van der Waals surface area contributed by atoms with Gasteiger partial charge in [0, 0.05) is 18.2 Å². The summed E-state index contributed by atoms with van der Waals surface area (Å²) >= 11 is 0. The van der Waals surface area contributed by atoms with Gasteiger partial charge >= 0.3 is 0 Å². The minimum Gasteiger partial charge on any atom is -0.497 e. The lowest BCUT2D eigenvalue weighted by molar-refractivity contribution is 0.245. The molecule has 1 atom stereocenters. The maximum absolute atomic E-state index is 9.24. The molecule has 1 aromatic carbocycles. The van der Waals surface area contributed by atoms with Crippen LogP contribution < -0.4 is 14.8 Å². The van der Waals surface area contributed by atoms with Crippen molar-refractivity contribution in [3.63, 3.8) is 0 Å². The van der Waals surface area contributed by atoms with Crippen molar-refractivity contribution in [2.24, 2.45) is 0 Å². The van der Waals surface area contributed by atoms with Crippen molar-refractivity contribution in [3.05, 3.63) is 23.8 Å². The van der Waals surface area contributed by atoms with E-state index in [0.29, 0.717) is 6.61 Å². The fraction of sp³-hybridized carbons (Fsp3) is 0.455. The van der Waals surface area contributed by atoms with Crippen LogP contribution in [0.2, 0.25) is 0 Å². The van der Waals surface area contributed by atoms with E-state index in [1.54, 1.807) is 7.11 Å². The maximum Gasteiger partial charge on any atom is 0.127 e. The van der Waals surface area contributed by atoms with Gasteiger partial charge in [-0.1, -0.05) is 0 Å². The first-order chi connectivity index (χ1) is 7.35. The number of methoxy groups -OCH3 is 1. The van der Waals surface area contributed by atoms with E-state index >= 15 is 0 Å². The third-order valence-electron chi connectivity index (χ3n) is 2.53. The lowest BCUT2D eigenvalue weighted by Gasteiger charge is -2.15. The van der Waals surface area contributed by atoms with Gasteiger partial charge in [0.05, 0.1) is 19.8 Å². The van der Waals surface area contributed by atoms with Gasteiger partial charge < -0.3 is 19.9 Å². The molecule has 0 saturated heterocycles. The standard InChI is InChI=1S/C11H15NO3/c1-14-8-2-3-9-10(7-13)12-4-5-15-11(9)6-8/h2-3,6,10,12-13H,4-5,7H2,1H3. The second-order valence-electron chi connectivity index (χ2n) is 3.44.